The quantitative estimate of drug-likeness (QED) is 0.658. The molecule has 6 nitrogen and oxygen atoms in total. The first-order chi connectivity index (χ1) is 14.9. The van der Waals surface area contributed by atoms with Gasteiger partial charge in [-0.05, 0) is 68.5 Å². The maximum atomic E-state index is 12.6. The minimum atomic E-state index is -0.206. The number of carbonyl (C=O) groups excluding carboxylic acids is 2. The smallest absolute Gasteiger partial charge is 0.251 e. The molecular formula is C25H29N3O3. The number of benzene rings is 2. The lowest BCUT2D eigenvalue weighted by molar-refractivity contribution is -0.131. The highest BCUT2D eigenvalue weighted by Crippen LogP contribution is 2.34. The van der Waals surface area contributed by atoms with Crippen molar-refractivity contribution >= 4 is 22.7 Å². The summed E-state index contributed by atoms with van der Waals surface area (Å²) in [7, 11) is 1.68. The lowest BCUT2D eigenvalue weighted by atomic mass is 9.89. The van der Waals surface area contributed by atoms with Crippen molar-refractivity contribution < 1.29 is 14.3 Å². The highest BCUT2D eigenvalue weighted by atomic mass is 16.5. The van der Waals surface area contributed by atoms with Crippen molar-refractivity contribution in [2.45, 2.75) is 32.6 Å². The number of H-pyrrole nitrogens is 1. The van der Waals surface area contributed by atoms with Crippen LogP contribution < -0.4 is 10.1 Å². The number of likely N-dealkylation sites (tertiary alicyclic amines) is 1. The summed E-state index contributed by atoms with van der Waals surface area (Å²) in [4.78, 5) is 30.3. The normalized spacial score (nSPS) is 14.6. The van der Waals surface area contributed by atoms with Crippen LogP contribution in [0.2, 0.25) is 0 Å². The van der Waals surface area contributed by atoms with E-state index in [0.717, 1.165) is 35.2 Å². The number of aryl methyl sites for hydroxylation is 2. The third-order valence-electron chi connectivity index (χ3n) is 6.09. The first-order valence-corrected chi connectivity index (χ1v) is 10.7. The van der Waals surface area contributed by atoms with Crippen LogP contribution >= 0.6 is 0 Å². The van der Waals surface area contributed by atoms with Crippen LogP contribution in [0.4, 0.5) is 0 Å². The van der Waals surface area contributed by atoms with Crippen molar-refractivity contribution in [1.29, 1.82) is 0 Å². The number of amides is 2. The number of carbonyl (C=O) groups is 2. The van der Waals surface area contributed by atoms with Crippen molar-refractivity contribution in [2.24, 2.45) is 0 Å². The first kappa shape index (κ1) is 21.0. The average molecular weight is 420 g/mol. The van der Waals surface area contributed by atoms with E-state index in [2.05, 4.69) is 22.6 Å². The number of methoxy groups -OCH3 is 1. The molecular weight excluding hydrogens is 390 g/mol. The molecule has 2 aromatic carbocycles. The van der Waals surface area contributed by atoms with Crippen LogP contribution in [0.25, 0.3) is 10.9 Å². The van der Waals surface area contributed by atoms with E-state index in [1.54, 1.807) is 7.11 Å². The van der Waals surface area contributed by atoms with Crippen LogP contribution in [-0.2, 0) is 4.79 Å². The second kappa shape index (κ2) is 8.84. The van der Waals surface area contributed by atoms with Gasteiger partial charge >= 0.3 is 0 Å². The van der Waals surface area contributed by atoms with E-state index in [1.807, 2.05) is 49.1 Å². The molecule has 0 radical (unpaired) electrons. The fraction of sp³-hybridized carbons (Fsp3) is 0.360. The Balaban J connectivity index is 1.33. The van der Waals surface area contributed by atoms with Gasteiger partial charge in [0.15, 0.2) is 0 Å². The molecule has 2 heterocycles. The highest BCUT2D eigenvalue weighted by Gasteiger charge is 2.25. The number of aromatic amines is 1. The Morgan fingerprint density at radius 2 is 1.81 bits per heavy atom. The van der Waals surface area contributed by atoms with E-state index >= 15 is 0 Å². The number of nitrogens with one attached hydrogen (secondary N) is 2. The minimum absolute atomic E-state index is 0.0285. The Labute approximate surface area is 182 Å². The first-order valence-electron chi connectivity index (χ1n) is 10.7. The molecule has 1 fully saturated rings. The van der Waals surface area contributed by atoms with Crippen LogP contribution in [0, 0.1) is 13.8 Å². The summed E-state index contributed by atoms with van der Waals surface area (Å²) in [6, 6.07) is 11.8. The molecule has 4 rings (SSSR count). The molecule has 31 heavy (non-hydrogen) atoms. The zero-order valence-corrected chi connectivity index (χ0v) is 18.3. The molecule has 0 atom stereocenters. The third-order valence-corrected chi connectivity index (χ3v) is 6.09. The molecule has 6 heteroatoms. The number of fused-ring (bicyclic) bond motifs is 1. The topological polar surface area (TPSA) is 74.4 Å². The van der Waals surface area contributed by atoms with Gasteiger partial charge in [0.25, 0.3) is 5.91 Å². The van der Waals surface area contributed by atoms with Gasteiger partial charge < -0.3 is 19.9 Å². The molecule has 0 spiro atoms. The van der Waals surface area contributed by atoms with Gasteiger partial charge in [0.1, 0.15) is 5.75 Å². The van der Waals surface area contributed by atoms with Gasteiger partial charge in [0.2, 0.25) is 5.91 Å². The summed E-state index contributed by atoms with van der Waals surface area (Å²) in [6.45, 7) is 5.34. The molecule has 1 aliphatic heterocycles. The van der Waals surface area contributed by atoms with Gasteiger partial charge in [0, 0.05) is 35.8 Å². The van der Waals surface area contributed by atoms with Crippen LogP contribution in [0.15, 0.2) is 42.6 Å². The van der Waals surface area contributed by atoms with Crippen LogP contribution in [0.5, 0.6) is 5.75 Å². The zero-order valence-electron chi connectivity index (χ0n) is 18.3. The van der Waals surface area contributed by atoms with Gasteiger partial charge in [-0.25, -0.2) is 0 Å². The Bertz CT molecular complexity index is 1090. The molecule has 1 saturated heterocycles. The van der Waals surface area contributed by atoms with Crippen LogP contribution in [0.3, 0.4) is 0 Å². The zero-order chi connectivity index (χ0) is 22.0. The van der Waals surface area contributed by atoms with Gasteiger partial charge in [-0.1, -0.05) is 17.2 Å². The number of hydrogen-bond donors (Lipinski definition) is 2. The summed E-state index contributed by atoms with van der Waals surface area (Å²) in [5.74, 6) is 1.01. The summed E-state index contributed by atoms with van der Waals surface area (Å²) in [5.41, 5.74) is 5.05. The minimum Gasteiger partial charge on any atom is -0.497 e. The molecule has 162 valence electrons. The summed E-state index contributed by atoms with van der Waals surface area (Å²) in [6.07, 6.45) is 3.89. The van der Waals surface area contributed by atoms with E-state index in [1.165, 1.54) is 10.9 Å². The largest absolute Gasteiger partial charge is 0.497 e. The van der Waals surface area contributed by atoms with E-state index in [9.17, 15) is 9.59 Å². The third kappa shape index (κ3) is 4.58. The summed E-state index contributed by atoms with van der Waals surface area (Å²) < 4.78 is 5.37. The Morgan fingerprint density at radius 1 is 1.10 bits per heavy atom. The van der Waals surface area contributed by atoms with Crippen molar-refractivity contribution in [2.75, 3.05) is 26.7 Å². The SMILES string of the molecule is COc1ccc2[nH]cc(C3CCN(C(=O)CNC(=O)c4cc(C)cc(C)c4)CC3)c2c1. The highest BCUT2D eigenvalue weighted by molar-refractivity contribution is 5.96. The van der Waals surface area contributed by atoms with Gasteiger partial charge in [-0.3, -0.25) is 9.59 Å². The van der Waals surface area contributed by atoms with Crippen molar-refractivity contribution in [1.82, 2.24) is 15.2 Å². The Hall–Kier alpha value is -3.28. The van der Waals surface area contributed by atoms with Crippen molar-refractivity contribution in [3.8, 4) is 5.75 Å². The predicted molar refractivity (Wildman–Crippen MR) is 122 cm³/mol. The monoisotopic (exact) mass is 419 g/mol. The van der Waals surface area contributed by atoms with E-state index in [-0.39, 0.29) is 18.4 Å². The summed E-state index contributed by atoms with van der Waals surface area (Å²) in [5, 5.41) is 3.96. The summed E-state index contributed by atoms with van der Waals surface area (Å²) >= 11 is 0. The molecule has 2 N–H and O–H groups in total. The maximum Gasteiger partial charge on any atom is 0.251 e. The fourth-order valence-corrected chi connectivity index (χ4v) is 4.50. The molecule has 1 aliphatic rings. The van der Waals surface area contributed by atoms with Crippen molar-refractivity contribution in [3.63, 3.8) is 0 Å². The molecule has 0 saturated carbocycles. The Kier molecular flexibility index (Phi) is 5.98. The molecule has 3 aromatic rings. The maximum absolute atomic E-state index is 12.6. The van der Waals surface area contributed by atoms with Crippen molar-refractivity contribution in [3.05, 3.63) is 64.8 Å². The predicted octanol–water partition coefficient (Wildman–Crippen LogP) is 3.93. The van der Waals surface area contributed by atoms with Gasteiger partial charge in [-0.2, -0.15) is 0 Å². The Morgan fingerprint density at radius 3 is 2.48 bits per heavy atom. The van der Waals surface area contributed by atoms with E-state index in [4.69, 9.17) is 4.74 Å². The second-order valence-corrected chi connectivity index (χ2v) is 8.37. The number of nitrogens with zero attached hydrogens (tertiary/aromatic N) is 1. The molecule has 0 aliphatic carbocycles. The molecule has 0 bridgehead atoms. The molecule has 0 unspecified atom stereocenters. The van der Waals surface area contributed by atoms with E-state index < -0.39 is 0 Å². The number of piperidine rings is 1. The van der Waals surface area contributed by atoms with E-state index in [0.29, 0.717) is 24.6 Å². The lowest BCUT2D eigenvalue weighted by Gasteiger charge is -2.32. The standard InChI is InChI=1S/C25H29N3O3/c1-16-10-17(2)12-19(11-16)25(30)27-15-24(29)28-8-6-18(7-9-28)22-14-26-23-5-4-20(31-3)13-21(22)23/h4-5,10-14,18,26H,6-9,15H2,1-3H3,(H,27,30). The number of rotatable bonds is 5. The van der Waals surface area contributed by atoms with Crippen LogP contribution in [-0.4, -0.2) is 48.4 Å². The average Bonchev–Trinajstić information content (AvgIpc) is 3.19. The molecule has 2 amide bonds. The number of ether oxygens (including phenoxy) is 1. The fourth-order valence-electron chi connectivity index (χ4n) is 4.50. The number of aromatic nitrogens is 1. The molecule has 1 aromatic heterocycles. The van der Waals surface area contributed by atoms with Gasteiger partial charge in [-0.15, -0.1) is 0 Å². The number of hydrogen-bond acceptors (Lipinski definition) is 3. The van der Waals surface area contributed by atoms with Crippen LogP contribution in [0.1, 0.15) is 45.8 Å². The lowest BCUT2D eigenvalue weighted by Crippen LogP contribution is -2.43. The van der Waals surface area contributed by atoms with Gasteiger partial charge in [0.05, 0.1) is 13.7 Å². The second-order valence-electron chi connectivity index (χ2n) is 8.37.